The van der Waals surface area contributed by atoms with E-state index in [2.05, 4.69) is 5.10 Å². The van der Waals surface area contributed by atoms with Crippen molar-refractivity contribution < 1.29 is 13.7 Å². The molecular formula is C18H24BFN2O2S. The van der Waals surface area contributed by atoms with Crippen molar-refractivity contribution in [2.45, 2.75) is 58.8 Å². The van der Waals surface area contributed by atoms with E-state index in [0.717, 1.165) is 10.6 Å². The first-order valence-electron chi connectivity index (χ1n) is 8.47. The smallest absolute Gasteiger partial charge is 0.398 e. The van der Waals surface area contributed by atoms with Crippen LogP contribution in [0.1, 0.15) is 53.3 Å². The van der Waals surface area contributed by atoms with Gasteiger partial charge in [0.15, 0.2) is 0 Å². The summed E-state index contributed by atoms with van der Waals surface area (Å²) in [5, 5.41) is 6.63. The highest BCUT2D eigenvalue weighted by Gasteiger charge is 2.53. The first-order chi connectivity index (χ1) is 11.6. The predicted octanol–water partition coefficient (Wildman–Crippen LogP) is 5.13. The quantitative estimate of drug-likeness (QED) is 0.707. The van der Waals surface area contributed by atoms with Crippen molar-refractivity contribution >= 4 is 24.5 Å². The maximum atomic E-state index is 14.8. The highest BCUT2D eigenvalue weighted by atomic mass is 32.1. The number of halogens is 1. The van der Waals surface area contributed by atoms with E-state index in [9.17, 15) is 4.39 Å². The fourth-order valence-electron chi connectivity index (χ4n) is 2.64. The van der Waals surface area contributed by atoms with Crippen molar-refractivity contribution in [3.8, 4) is 10.6 Å². The molecule has 0 aliphatic carbocycles. The molecule has 25 heavy (non-hydrogen) atoms. The monoisotopic (exact) mass is 362 g/mol. The highest BCUT2D eigenvalue weighted by Crippen LogP contribution is 2.39. The molecule has 3 heterocycles. The van der Waals surface area contributed by atoms with Crippen LogP contribution in [0.15, 0.2) is 29.3 Å². The van der Waals surface area contributed by atoms with Gasteiger partial charge in [-0.15, -0.1) is 11.3 Å². The fourth-order valence-corrected chi connectivity index (χ4v) is 3.32. The van der Waals surface area contributed by atoms with Crippen molar-refractivity contribution in [3.63, 3.8) is 0 Å². The first kappa shape index (κ1) is 18.4. The molecule has 0 amide bonds. The topological polar surface area (TPSA) is 36.3 Å². The second-order valence-corrected chi connectivity index (χ2v) is 8.54. The van der Waals surface area contributed by atoms with E-state index in [1.54, 1.807) is 11.3 Å². The molecule has 2 aromatic heterocycles. The van der Waals surface area contributed by atoms with Crippen molar-refractivity contribution in [1.82, 2.24) is 9.78 Å². The molecule has 0 spiro atoms. The molecule has 1 aliphatic rings. The minimum Gasteiger partial charge on any atom is -0.398 e. The van der Waals surface area contributed by atoms with E-state index >= 15 is 0 Å². The summed E-state index contributed by atoms with van der Waals surface area (Å²) in [5.74, 6) is 0. The third-order valence-corrected chi connectivity index (χ3v) is 5.68. The second-order valence-electron chi connectivity index (χ2n) is 7.59. The summed E-state index contributed by atoms with van der Waals surface area (Å²) in [6.07, 6.45) is 1.46. The Morgan fingerprint density at radius 2 is 1.92 bits per heavy atom. The number of thiophene rings is 1. The number of hydrogen-bond acceptors (Lipinski definition) is 4. The maximum Gasteiger partial charge on any atom is 0.525 e. The van der Waals surface area contributed by atoms with Gasteiger partial charge < -0.3 is 9.31 Å². The van der Waals surface area contributed by atoms with Crippen molar-refractivity contribution in [2.24, 2.45) is 0 Å². The van der Waals surface area contributed by atoms with Gasteiger partial charge in [-0.25, -0.2) is 4.39 Å². The summed E-state index contributed by atoms with van der Waals surface area (Å²) in [5.41, 5.74) is -0.0348. The number of aromatic nitrogens is 2. The van der Waals surface area contributed by atoms with Crippen LogP contribution in [-0.4, -0.2) is 28.1 Å². The van der Waals surface area contributed by atoms with Gasteiger partial charge in [-0.2, -0.15) is 5.10 Å². The zero-order valence-electron chi connectivity index (χ0n) is 15.5. The molecule has 0 bridgehead atoms. The second kappa shape index (κ2) is 6.38. The van der Waals surface area contributed by atoms with E-state index in [0.29, 0.717) is 5.69 Å². The molecule has 3 rings (SSSR count). The molecule has 0 saturated carbocycles. The largest absolute Gasteiger partial charge is 0.525 e. The lowest BCUT2D eigenvalue weighted by Gasteiger charge is -2.32. The minimum absolute atomic E-state index is 0.117. The number of nitrogens with zero attached hydrogens (tertiary/aromatic N) is 2. The molecule has 0 N–H and O–H groups in total. The maximum absolute atomic E-state index is 14.8. The lowest BCUT2D eigenvalue weighted by Crippen LogP contribution is -2.41. The molecule has 0 atom stereocenters. The summed E-state index contributed by atoms with van der Waals surface area (Å²) in [6.45, 7) is 11.7. The number of rotatable bonds is 4. The van der Waals surface area contributed by atoms with Gasteiger partial charge in [0.25, 0.3) is 0 Å². The van der Waals surface area contributed by atoms with Crippen LogP contribution in [0.2, 0.25) is 0 Å². The molecule has 7 heteroatoms. The lowest BCUT2D eigenvalue weighted by atomic mass is 9.87. The molecular weight excluding hydrogens is 338 g/mol. The summed E-state index contributed by atoms with van der Waals surface area (Å²) < 4.78 is 28.2. The molecule has 0 unspecified atom stereocenters. The van der Waals surface area contributed by atoms with Gasteiger partial charge in [0, 0.05) is 6.04 Å². The number of hydrogen-bond donors (Lipinski definition) is 0. The molecule has 4 nitrogen and oxygen atoms in total. The normalized spacial score (nSPS) is 19.8. The van der Waals surface area contributed by atoms with Crippen LogP contribution in [0, 0.1) is 0 Å². The van der Waals surface area contributed by atoms with E-state index in [-0.39, 0.29) is 6.04 Å². The van der Waals surface area contributed by atoms with Gasteiger partial charge >= 0.3 is 7.12 Å². The van der Waals surface area contributed by atoms with E-state index < -0.39 is 24.0 Å². The Bertz CT molecular complexity index is 765. The molecule has 1 saturated heterocycles. The van der Waals surface area contributed by atoms with Gasteiger partial charge in [0.2, 0.25) is 0 Å². The Balaban J connectivity index is 1.92. The van der Waals surface area contributed by atoms with Gasteiger partial charge in [-0.3, -0.25) is 4.68 Å². The minimum atomic E-state index is -0.995. The van der Waals surface area contributed by atoms with Crippen LogP contribution in [-0.2, 0) is 9.31 Å². The Hall–Kier alpha value is -1.44. The zero-order chi connectivity index (χ0) is 18.4. The summed E-state index contributed by atoms with van der Waals surface area (Å²) in [6, 6.07) is 6.01. The predicted molar refractivity (Wildman–Crippen MR) is 101 cm³/mol. The molecule has 2 aromatic rings. The Morgan fingerprint density at radius 3 is 2.44 bits per heavy atom. The molecule has 1 fully saturated rings. The Labute approximate surface area is 152 Å². The van der Waals surface area contributed by atoms with Crippen LogP contribution in [0.5, 0.6) is 0 Å². The van der Waals surface area contributed by atoms with Crippen LogP contribution in [0.4, 0.5) is 4.39 Å². The fraction of sp³-hybridized carbons (Fsp3) is 0.500. The van der Waals surface area contributed by atoms with Crippen LogP contribution in [0.25, 0.3) is 16.6 Å². The highest BCUT2D eigenvalue weighted by molar-refractivity contribution is 7.13. The SMILES string of the molecule is CC(C)n1nc(-c2cccs2)cc1C=C(F)B1OC(C)(C)C(C)(C)O1. The summed E-state index contributed by atoms with van der Waals surface area (Å²) in [7, 11) is -0.995. The lowest BCUT2D eigenvalue weighted by molar-refractivity contribution is 0.00578. The zero-order valence-corrected chi connectivity index (χ0v) is 16.4. The average molecular weight is 362 g/mol. The van der Waals surface area contributed by atoms with E-state index in [1.165, 1.54) is 6.08 Å². The third kappa shape index (κ3) is 3.45. The van der Waals surface area contributed by atoms with Gasteiger partial charge in [0.1, 0.15) is 11.4 Å². The molecule has 1 aliphatic heterocycles. The third-order valence-electron chi connectivity index (χ3n) is 4.79. The molecule has 0 radical (unpaired) electrons. The standard InChI is InChI=1S/C18H24BFN2O2S/c1-12(2)22-13(10-14(21-22)15-8-7-9-25-15)11-16(20)19-23-17(3,4)18(5,6)24-19/h7-12H,1-6H3. The Morgan fingerprint density at radius 1 is 1.28 bits per heavy atom. The Kier molecular flexibility index (Phi) is 4.68. The van der Waals surface area contributed by atoms with Crippen LogP contribution in [0.3, 0.4) is 0 Å². The molecule has 134 valence electrons. The van der Waals surface area contributed by atoms with Gasteiger partial charge in [-0.1, -0.05) is 6.07 Å². The van der Waals surface area contributed by atoms with Gasteiger partial charge in [-0.05, 0) is 65.1 Å². The van der Waals surface area contributed by atoms with Gasteiger partial charge in [0.05, 0.1) is 21.8 Å². The van der Waals surface area contributed by atoms with E-state index in [1.807, 2.05) is 69.8 Å². The summed E-state index contributed by atoms with van der Waals surface area (Å²) in [4.78, 5) is 1.06. The van der Waals surface area contributed by atoms with Crippen molar-refractivity contribution in [1.29, 1.82) is 0 Å². The van der Waals surface area contributed by atoms with Crippen LogP contribution >= 0.6 is 11.3 Å². The summed E-state index contributed by atoms with van der Waals surface area (Å²) >= 11 is 1.61. The first-order valence-corrected chi connectivity index (χ1v) is 9.35. The van der Waals surface area contributed by atoms with Crippen molar-refractivity contribution in [2.75, 3.05) is 0 Å². The van der Waals surface area contributed by atoms with Crippen LogP contribution < -0.4 is 0 Å². The van der Waals surface area contributed by atoms with E-state index in [4.69, 9.17) is 9.31 Å². The van der Waals surface area contributed by atoms with Crippen molar-refractivity contribution in [3.05, 3.63) is 35.0 Å². The average Bonchev–Trinajstić information content (AvgIpc) is 3.17. The molecule has 0 aromatic carbocycles.